The van der Waals surface area contributed by atoms with Crippen LogP contribution in [0.25, 0.3) is 22.0 Å². The lowest BCUT2D eigenvalue weighted by molar-refractivity contribution is -0.143. The van der Waals surface area contributed by atoms with Crippen molar-refractivity contribution in [2.24, 2.45) is 7.05 Å². The number of carbonyl (C=O) groups excluding carboxylic acids is 1. The van der Waals surface area contributed by atoms with Gasteiger partial charge in [-0.1, -0.05) is 0 Å². The molecule has 0 unspecified atom stereocenters. The van der Waals surface area contributed by atoms with Gasteiger partial charge >= 0.3 is 0 Å². The van der Waals surface area contributed by atoms with Crippen LogP contribution in [0.4, 0.5) is 11.8 Å². The Labute approximate surface area is 199 Å². The SMILES string of the molecule is CN1CC[C@](O)(c2cc(C#N)cc(-c3csc(-c4ccnc(Nc5ccn(C)n5)n4)n3)c2)C1=O. The number of aromatic nitrogens is 5. The van der Waals surface area contributed by atoms with Crippen LogP contribution in [0.2, 0.25) is 0 Å². The standard InChI is InChI=1S/C23H20N8O2S/c1-30-8-5-23(33,21(30)32)16-10-14(12-24)9-15(11-16)18-13-34-20(26-18)17-3-6-25-22(27-17)28-19-4-7-31(2)29-19/h3-4,6-7,9-11,13,33H,5,8H2,1-2H3,(H,25,27,28,29)/t23-/m0/s1. The van der Waals surface area contributed by atoms with Gasteiger partial charge in [-0.2, -0.15) is 10.4 Å². The van der Waals surface area contributed by atoms with Gasteiger partial charge in [-0.05, 0) is 29.8 Å². The molecule has 1 amide bonds. The Morgan fingerprint density at radius 3 is 2.76 bits per heavy atom. The second kappa shape index (κ2) is 8.33. The first kappa shape index (κ1) is 21.7. The number of hydrogen-bond donors (Lipinski definition) is 2. The maximum Gasteiger partial charge on any atom is 0.258 e. The Balaban J connectivity index is 1.47. The van der Waals surface area contributed by atoms with Gasteiger partial charge in [0, 0.05) is 56.5 Å². The van der Waals surface area contributed by atoms with Gasteiger partial charge in [-0.3, -0.25) is 9.48 Å². The Morgan fingerprint density at radius 1 is 1.21 bits per heavy atom. The summed E-state index contributed by atoms with van der Waals surface area (Å²) in [6, 6.07) is 10.7. The van der Waals surface area contributed by atoms with Crippen LogP contribution in [0, 0.1) is 11.3 Å². The number of nitrogens with one attached hydrogen (secondary N) is 1. The van der Waals surface area contributed by atoms with E-state index in [2.05, 4.69) is 26.5 Å². The summed E-state index contributed by atoms with van der Waals surface area (Å²) in [5, 5.41) is 30.5. The number of hydrogen-bond acceptors (Lipinski definition) is 9. The normalized spacial score (nSPS) is 17.7. The molecule has 1 aromatic carbocycles. The summed E-state index contributed by atoms with van der Waals surface area (Å²) in [5.74, 6) is 0.652. The van der Waals surface area contributed by atoms with Crippen LogP contribution >= 0.6 is 11.3 Å². The van der Waals surface area contributed by atoms with Crippen LogP contribution in [0.15, 0.2) is 48.1 Å². The van der Waals surface area contributed by atoms with Crippen LogP contribution in [0.3, 0.4) is 0 Å². The minimum absolute atomic E-state index is 0.270. The highest BCUT2D eigenvalue weighted by molar-refractivity contribution is 7.13. The number of nitrogens with zero attached hydrogens (tertiary/aromatic N) is 7. The number of benzene rings is 1. The molecule has 1 aliphatic heterocycles. The average molecular weight is 473 g/mol. The Morgan fingerprint density at radius 2 is 2.06 bits per heavy atom. The predicted molar refractivity (Wildman–Crippen MR) is 126 cm³/mol. The van der Waals surface area contributed by atoms with Crippen LogP contribution in [0.5, 0.6) is 0 Å². The molecule has 5 rings (SSSR count). The van der Waals surface area contributed by atoms with E-state index in [1.165, 1.54) is 16.2 Å². The van der Waals surface area contributed by atoms with Crippen molar-refractivity contribution in [3.05, 3.63) is 59.2 Å². The molecule has 0 aliphatic carbocycles. The van der Waals surface area contributed by atoms with Crippen molar-refractivity contribution in [3.63, 3.8) is 0 Å². The molecule has 0 bridgehead atoms. The lowest BCUT2D eigenvalue weighted by Crippen LogP contribution is -2.36. The second-order valence-corrected chi connectivity index (χ2v) is 8.91. The number of aryl methyl sites for hydroxylation is 1. The Bertz CT molecular complexity index is 1440. The van der Waals surface area contributed by atoms with E-state index in [0.717, 1.165) is 0 Å². The molecule has 4 aromatic rings. The fraction of sp³-hybridized carbons (Fsp3) is 0.217. The van der Waals surface area contributed by atoms with Crippen molar-refractivity contribution >= 4 is 29.0 Å². The van der Waals surface area contributed by atoms with Crippen molar-refractivity contribution in [2.45, 2.75) is 12.0 Å². The first-order valence-electron chi connectivity index (χ1n) is 10.5. The third kappa shape index (κ3) is 3.89. The zero-order chi connectivity index (χ0) is 23.9. The maximum absolute atomic E-state index is 12.6. The van der Waals surface area contributed by atoms with Gasteiger partial charge in [0.25, 0.3) is 5.91 Å². The van der Waals surface area contributed by atoms with Gasteiger partial charge in [-0.25, -0.2) is 15.0 Å². The van der Waals surface area contributed by atoms with Crippen molar-refractivity contribution in [3.8, 4) is 28.0 Å². The fourth-order valence-corrected chi connectivity index (χ4v) is 4.66. The number of aliphatic hydroxyl groups is 1. The topological polar surface area (TPSA) is 133 Å². The molecule has 170 valence electrons. The lowest BCUT2D eigenvalue weighted by Gasteiger charge is -2.22. The largest absolute Gasteiger partial charge is 0.375 e. The number of likely N-dealkylation sites (N-methyl/N-ethyl adjacent to an activating group) is 1. The summed E-state index contributed by atoms with van der Waals surface area (Å²) in [6.07, 6.45) is 3.73. The van der Waals surface area contributed by atoms with Crippen LogP contribution in [-0.4, -0.2) is 54.2 Å². The van der Waals surface area contributed by atoms with Crippen molar-refractivity contribution in [1.29, 1.82) is 5.26 Å². The summed E-state index contributed by atoms with van der Waals surface area (Å²) in [7, 11) is 3.48. The third-order valence-corrected chi connectivity index (χ3v) is 6.54. The van der Waals surface area contributed by atoms with Crippen LogP contribution < -0.4 is 5.32 Å². The summed E-state index contributed by atoms with van der Waals surface area (Å²) in [6.45, 7) is 0.449. The molecule has 1 atom stereocenters. The quantitative estimate of drug-likeness (QED) is 0.453. The molecule has 3 aromatic heterocycles. The zero-order valence-corrected chi connectivity index (χ0v) is 19.2. The monoisotopic (exact) mass is 472 g/mol. The van der Waals surface area contributed by atoms with Crippen LogP contribution in [-0.2, 0) is 17.4 Å². The minimum atomic E-state index is -1.64. The van der Waals surface area contributed by atoms with E-state index in [0.29, 0.717) is 51.4 Å². The van der Waals surface area contributed by atoms with Crippen molar-refractivity contribution < 1.29 is 9.90 Å². The van der Waals surface area contributed by atoms with E-state index < -0.39 is 5.60 Å². The zero-order valence-electron chi connectivity index (χ0n) is 18.4. The van der Waals surface area contributed by atoms with Crippen molar-refractivity contribution in [2.75, 3.05) is 18.9 Å². The molecular weight excluding hydrogens is 452 g/mol. The molecule has 0 radical (unpaired) electrons. The van der Waals surface area contributed by atoms with E-state index >= 15 is 0 Å². The fourth-order valence-electron chi connectivity index (χ4n) is 3.86. The van der Waals surface area contributed by atoms with Crippen LogP contribution in [0.1, 0.15) is 17.5 Å². The maximum atomic E-state index is 12.6. The number of likely N-dealkylation sites (tertiary alicyclic amines) is 1. The average Bonchev–Trinajstić information content (AvgIpc) is 3.56. The van der Waals surface area contributed by atoms with E-state index in [1.807, 2.05) is 24.7 Å². The molecule has 0 saturated carbocycles. The summed E-state index contributed by atoms with van der Waals surface area (Å²) < 4.78 is 1.68. The Kier molecular flexibility index (Phi) is 5.31. The minimum Gasteiger partial charge on any atom is -0.375 e. The second-order valence-electron chi connectivity index (χ2n) is 8.05. The highest BCUT2D eigenvalue weighted by Gasteiger charge is 2.45. The van der Waals surface area contributed by atoms with Gasteiger partial charge < -0.3 is 15.3 Å². The molecule has 11 heteroatoms. The highest BCUT2D eigenvalue weighted by Crippen LogP contribution is 2.36. The lowest BCUT2D eigenvalue weighted by atomic mass is 9.89. The highest BCUT2D eigenvalue weighted by atomic mass is 32.1. The molecular formula is C23H20N8O2S. The van der Waals surface area contributed by atoms with Gasteiger partial charge in [0.15, 0.2) is 11.4 Å². The van der Waals surface area contributed by atoms with Gasteiger partial charge in [-0.15, -0.1) is 11.3 Å². The molecule has 1 saturated heterocycles. The van der Waals surface area contributed by atoms with E-state index in [1.54, 1.807) is 42.2 Å². The molecule has 1 aliphatic rings. The van der Waals surface area contributed by atoms with E-state index in [4.69, 9.17) is 4.98 Å². The predicted octanol–water partition coefficient (Wildman–Crippen LogP) is 2.67. The molecule has 4 heterocycles. The number of thiazole rings is 1. The number of carbonyl (C=O) groups is 1. The summed E-state index contributed by atoms with van der Waals surface area (Å²) in [4.78, 5) is 27.5. The smallest absolute Gasteiger partial charge is 0.258 e. The van der Waals surface area contributed by atoms with Gasteiger partial charge in [0.2, 0.25) is 5.95 Å². The number of nitriles is 1. The molecule has 10 nitrogen and oxygen atoms in total. The molecule has 34 heavy (non-hydrogen) atoms. The summed E-state index contributed by atoms with van der Waals surface area (Å²) >= 11 is 1.40. The third-order valence-electron chi connectivity index (χ3n) is 5.68. The first-order valence-corrected chi connectivity index (χ1v) is 11.3. The Hall–Kier alpha value is -4.14. The van der Waals surface area contributed by atoms with Crippen molar-refractivity contribution in [1.82, 2.24) is 29.6 Å². The first-order chi connectivity index (χ1) is 16.4. The van der Waals surface area contributed by atoms with Gasteiger partial charge in [0.05, 0.1) is 17.3 Å². The van der Waals surface area contributed by atoms with E-state index in [-0.39, 0.29) is 12.3 Å². The van der Waals surface area contributed by atoms with Gasteiger partial charge in [0.1, 0.15) is 10.7 Å². The summed E-state index contributed by atoms with van der Waals surface area (Å²) in [5.41, 5.74) is 1.00. The number of rotatable bonds is 5. The molecule has 1 fully saturated rings. The van der Waals surface area contributed by atoms with E-state index in [9.17, 15) is 15.2 Å². The number of anilines is 2. The number of amides is 1. The molecule has 0 spiro atoms. The molecule has 2 N–H and O–H groups in total.